The van der Waals surface area contributed by atoms with E-state index in [-0.39, 0.29) is 0 Å². The van der Waals surface area contributed by atoms with Crippen LogP contribution in [0.1, 0.15) is 0 Å². The first-order valence-corrected chi connectivity index (χ1v) is 10.8. The molecule has 1 unspecified atom stereocenters. The Kier molecular flexibility index (Phi) is 4.95. The van der Waals surface area contributed by atoms with Gasteiger partial charge < -0.3 is 0 Å². The third kappa shape index (κ3) is 3.63. The number of hydrogen-bond acceptors (Lipinski definition) is 2. The Bertz CT molecular complexity index is 915. The van der Waals surface area contributed by atoms with Crippen LogP contribution in [0.15, 0.2) is 80.6 Å². The lowest BCUT2D eigenvalue weighted by molar-refractivity contribution is 0.679. The van der Waals surface area contributed by atoms with Gasteiger partial charge in [0.1, 0.15) is 0 Å². The maximum atomic E-state index is 12.8. The summed E-state index contributed by atoms with van der Waals surface area (Å²) in [6, 6.07) is 21.5. The molecule has 5 heteroatoms. The lowest BCUT2D eigenvalue weighted by Crippen LogP contribution is -2.01. The summed E-state index contributed by atoms with van der Waals surface area (Å²) in [5.41, 5.74) is 3.58. The average Bonchev–Trinajstić information content (AvgIpc) is 2.55. The van der Waals surface area contributed by atoms with Crippen molar-refractivity contribution in [3.63, 3.8) is 0 Å². The Morgan fingerprint density at radius 3 is 1.46 bits per heavy atom. The molecule has 122 valence electrons. The topological polar surface area (TPSA) is 40.9 Å². The molecule has 0 aliphatic rings. The van der Waals surface area contributed by atoms with E-state index in [1.54, 1.807) is 0 Å². The smallest absolute Gasteiger partial charge is 0.0709 e. The normalized spacial score (nSPS) is 13.5. The van der Waals surface area contributed by atoms with Gasteiger partial charge >= 0.3 is 0 Å². The number of rotatable bonds is 3. The van der Waals surface area contributed by atoms with Gasteiger partial charge in [-0.3, -0.25) is 0 Å². The number of hydrogen-bond donors (Lipinski definition) is 1. The minimum absolute atomic E-state index is 0.578. The van der Waals surface area contributed by atoms with E-state index in [0.717, 1.165) is 31.2 Å². The molecule has 3 aromatic carbocycles. The fourth-order valence-corrected chi connectivity index (χ4v) is 4.41. The number of nitrogens with one attached hydrogen (secondary N) is 1. The van der Waals surface area contributed by atoms with Crippen LogP contribution >= 0.6 is 31.9 Å². The summed E-state index contributed by atoms with van der Waals surface area (Å²) >= 11 is 6.87. The summed E-state index contributed by atoms with van der Waals surface area (Å²) in [4.78, 5) is 0.578. The second-order valence-electron chi connectivity index (χ2n) is 5.54. The standard InChI is InChI=1S/C19H15Br2NOS/c1-24(22,23)19-17(13-5-9-15(20)10-6-13)3-2-4-18(19)14-7-11-16(21)12-8-14/h2-12,22H,1H3. The quantitative estimate of drug-likeness (QED) is 0.467. The maximum absolute atomic E-state index is 12.8. The second kappa shape index (κ2) is 6.82. The van der Waals surface area contributed by atoms with Gasteiger partial charge in [-0.2, -0.15) is 0 Å². The molecule has 24 heavy (non-hydrogen) atoms. The monoisotopic (exact) mass is 463 g/mol. The SMILES string of the molecule is CS(=N)(=O)c1c(-c2ccc(Br)cc2)cccc1-c1ccc(Br)cc1. The Labute approximate surface area is 159 Å². The van der Waals surface area contributed by atoms with Crippen LogP contribution in [0.5, 0.6) is 0 Å². The molecule has 0 saturated heterocycles. The van der Waals surface area contributed by atoms with Gasteiger partial charge in [0.05, 0.1) is 14.6 Å². The zero-order valence-corrected chi connectivity index (χ0v) is 16.9. The van der Waals surface area contributed by atoms with Crippen molar-refractivity contribution >= 4 is 41.6 Å². The molecule has 1 atom stereocenters. The zero-order chi connectivity index (χ0) is 17.3. The van der Waals surface area contributed by atoms with Crippen molar-refractivity contribution in [2.75, 3.05) is 6.26 Å². The van der Waals surface area contributed by atoms with Crippen molar-refractivity contribution in [3.05, 3.63) is 75.7 Å². The van der Waals surface area contributed by atoms with Crippen molar-refractivity contribution < 1.29 is 4.21 Å². The largest absolute Gasteiger partial charge is 0.249 e. The molecule has 1 N–H and O–H groups in total. The average molecular weight is 465 g/mol. The van der Waals surface area contributed by atoms with Crippen LogP contribution in [0.2, 0.25) is 0 Å². The maximum Gasteiger partial charge on any atom is 0.0709 e. The highest BCUT2D eigenvalue weighted by Crippen LogP contribution is 2.36. The number of halogens is 2. The van der Waals surface area contributed by atoms with Gasteiger partial charge in [0.2, 0.25) is 0 Å². The van der Waals surface area contributed by atoms with E-state index in [1.807, 2.05) is 66.7 Å². The Morgan fingerprint density at radius 2 is 1.12 bits per heavy atom. The first-order valence-electron chi connectivity index (χ1n) is 7.25. The number of benzene rings is 3. The first-order chi connectivity index (χ1) is 11.4. The molecule has 0 amide bonds. The zero-order valence-electron chi connectivity index (χ0n) is 12.9. The van der Waals surface area contributed by atoms with Crippen molar-refractivity contribution in [3.8, 4) is 22.3 Å². The van der Waals surface area contributed by atoms with Crippen molar-refractivity contribution in [1.29, 1.82) is 4.78 Å². The molecule has 0 heterocycles. The molecule has 0 aromatic heterocycles. The van der Waals surface area contributed by atoms with E-state index in [9.17, 15) is 4.21 Å². The Balaban J connectivity index is 2.30. The summed E-state index contributed by atoms with van der Waals surface area (Å²) in [5.74, 6) is 0. The molecule has 0 saturated carbocycles. The molecule has 0 radical (unpaired) electrons. The summed E-state index contributed by atoms with van der Waals surface area (Å²) < 4.78 is 23.0. The van der Waals surface area contributed by atoms with E-state index in [1.165, 1.54) is 6.26 Å². The molecular weight excluding hydrogens is 450 g/mol. The van der Waals surface area contributed by atoms with Crippen LogP contribution in [0.4, 0.5) is 0 Å². The third-order valence-corrected chi connectivity index (χ3v) is 5.99. The van der Waals surface area contributed by atoms with Gasteiger partial charge in [-0.05, 0) is 46.5 Å². The Hall–Kier alpha value is -1.43. The molecule has 0 spiro atoms. The second-order valence-corrected chi connectivity index (χ2v) is 9.47. The van der Waals surface area contributed by atoms with Gasteiger partial charge in [0, 0.05) is 15.2 Å². The summed E-state index contributed by atoms with van der Waals surface area (Å²) in [6.07, 6.45) is 1.48. The van der Waals surface area contributed by atoms with E-state index in [0.29, 0.717) is 4.90 Å². The van der Waals surface area contributed by atoms with E-state index in [2.05, 4.69) is 31.9 Å². The molecule has 0 fully saturated rings. The van der Waals surface area contributed by atoms with Crippen LogP contribution in [-0.2, 0) is 9.73 Å². The Morgan fingerprint density at radius 1 is 0.750 bits per heavy atom. The molecule has 3 rings (SSSR count). The minimum Gasteiger partial charge on any atom is -0.249 e. The van der Waals surface area contributed by atoms with E-state index < -0.39 is 9.73 Å². The highest BCUT2D eigenvalue weighted by molar-refractivity contribution is 9.10. The molecule has 0 bridgehead atoms. The predicted octanol–water partition coefficient (Wildman–Crippen LogP) is 6.58. The van der Waals surface area contributed by atoms with Crippen LogP contribution in [0.25, 0.3) is 22.3 Å². The third-order valence-electron chi connectivity index (χ3n) is 3.72. The van der Waals surface area contributed by atoms with Crippen LogP contribution in [0, 0.1) is 4.78 Å². The van der Waals surface area contributed by atoms with Gasteiger partial charge in [0.15, 0.2) is 0 Å². The van der Waals surface area contributed by atoms with Gasteiger partial charge in [-0.1, -0.05) is 74.3 Å². The molecule has 2 nitrogen and oxygen atoms in total. The summed E-state index contributed by atoms with van der Waals surface area (Å²) in [5, 5.41) is 0. The lowest BCUT2D eigenvalue weighted by Gasteiger charge is -2.16. The van der Waals surface area contributed by atoms with Gasteiger partial charge in [0.25, 0.3) is 0 Å². The fourth-order valence-electron chi connectivity index (χ4n) is 2.67. The van der Waals surface area contributed by atoms with Crippen molar-refractivity contribution in [1.82, 2.24) is 0 Å². The molecule has 0 aliphatic heterocycles. The molecular formula is C19H15Br2NOS. The molecule has 3 aromatic rings. The summed E-state index contributed by atoms with van der Waals surface area (Å²) in [6.45, 7) is 0. The van der Waals surface area contributed by atoms with Gasteiger partial charge in [-0.25, -0.2) is 8.99 Å². The lowest BCUT2D eigenvalue weighted by atomic mass is 9.99. The highest BCUT2D eigenvalue weighted by atomic mass is 79.9. The van der Waals surface area contributed by atoms with Gasteiger partial charge in [-0.15, -0.1) is 0 Å². The van der Waals surface area contributed by atoms with Crippen LogP contribution in [0.3, 0.4) is 0 Å². The van der Waals surface area contributed by atoms with Crippen LogP contribution < -0.4 is 0 Å². The minimum atomic E-state index is -2.90. The van der Waals surface area contributed by atoms with E-state index >= 15 is 0 Å². The van der Waals surface area contributed by atoms with E-state index in [4.69, 9.17) is 4.78 Å². The summed E-state index contributed by atoms with van der Waals surface area (Å²) in [7, 11) is -2.90. The fraction of sp³-hybridized carbons (Fsp3) is 0.0526. The molecule has 0 aliphatic carbocycles. The van der Waals surface area contributed by atoms with Crippen molar-refractivity contribution in [2.45, 2.75) is 4.90 Å². The first kappa shape index (κ1) is 17.4. The van der Waals surface area contributed by atoms with Crippen LogP contribution in [-0.4, -0.2) is 10.5 Å². The predicted molar refractivity (Wildman–Crippen MR) is 108 cm³/mol. The van der Waals surface area contributed by atoms with Crippen molar-refractivity contribution in [2.24, 2.45) is 0 Å². The highest BCUT2D eigenvalue weighted by Gasteiger charge is 2.18.